The molecule has 0 spiro atoms. The molecule has 1 unspecified atom stereocenters. The van der Waals surface area contributed by atoms with Crippen molar-refractivity contribution in [3.05, 3.63) is 40.5 Å². The first kappa shape index (κ1) is 10.6. The Hall–Kier alpha value is -1.46. The van der Waals surface area contributed by atoms with Crippen LogP contribution in [0.15, 0.2) is 40.8 Å². The Bertz CT molecular complexity index is 327. The van der Waals surface area contributed by atoms with Gasteiger partial charge in [-0.3, -0.25) is 0 Å². The third-order valence-corrected chi connectivity index (χ3v) is 1.57. The van der Waals surface area contributed by atoms with Gasteiger partial charge in [0.15, 0.2) is 6.17 Å². The molecule has 0 aromatic carbocycles. The molecule has 0 bridgehead atoms. The van der Waals surface area contributed by atoms with Gasteiger partial charge in [0.1, 0.15) is 5.70 Å². The highest BCUT2D eigenvalue weighted by Gasteiger charge is 2.33. The molecule has 0 aromatic rings. The first-order chi connectivity index (χ1) is 6.45. The van der Waals surface area contributed by atoms with Crippen molar-refractivity contribution in [3.63, 3.8) is 0 Å². The van der Waals surface area contributed by atoms with Crippen LogP contribution in [0.3, 0.4) is 0 Å². The fourth-order valence-electron chi connectivity index (χ4n) is 0.895. The third kappa shape index (κ3) is 2.27. The van der Waals surface area contributed by atoms with Crippen molar-refractivity contribution in [1.29, 1.82) is 0 Å². The largest absolute Gasteiger partial charge is 0.416 e. The molecule has 1 atom stereocenters. The van der Waals surface area contributed by atoms with Gasteiger partial charge in [-0.25, -0.2) is 4.39 Å². The summed E-state index contributed by atoms with van der Waals surface area (Å²) in [5, 5.41) is 2.20. The molecule has 0 aromatic heterocycles. The molecular formula is C8H5F4NO. The lowest BCUT2D eigenvalue weighted by Crippen LogP contribution is -2.10. The predicted molar refractivity (Wildman–Crippen MR) is 42.1 cm³/mol. The molecule has 0 radical (unpaired) electrons. The van der Waals surface area contributed by atoms with Gasteiger partial charge in [0, 0.05) is 0 Å². The van der Waals surface area contributed by atoms with Crippen molar-refractivity contribution in [3.8, 4) is 0 Å². The number of rotatable bonds is 1. The standard InChI is InChI=1S/C8H5F4NO/c9-6-3-1-2-5(8(10,11)12)4-7(6)13-14/h1-4,6H. The zero-order valence-electron chi connectivity index (χ0n) is 6.75. The summed E-state index contributed by atoms with van der Waals surface area (Å²) in [5.41, 5.74) is -1.87. The van der Waals surface area contributed by atoms with Crippen LogP contribution in [0, 0.1) is 4.91 Å². The summed E-state index contributed by atoms with van der Waals surface area (Å²) in [6, 6.07) is 0. The molecule has 1 aliphatic carbocycles. The predicted octanol–water partition coefficient (Wildman–Crippen LogP) is 3.03. The molecule has 0 heterocycles. The van der Waals surface area contributed by atoms with E-state index < -0.39 is 23.6 Å². The summed E-state index contributed by atoms with van der Waals surface area (Å²) < 4.78 is 49.3. The minimum absolute atomic E-state index is 0.400. The second-order valence-corrected chi connectivity index (χ2v) is 2.57. The van der Waals surface area contributed by atoms with Crippen LogP contribution in [-0.4, -0.2) is 12.3 Å². The number of hydrogen-bond acceptors (Lipinski definition) is 2. The average Bonchev–Trinajstić information content (AvgIpc) is 2.25. The van der Waals surface area contributed by atoms with Crippen LogP contribution in [0.1, 0.15) is 0 Å². The van der Waals surface area contributed by atoms with Crippen molar-refractivity contribution in [2.24, 2.45) is 5.18 Å². The number of halogens is 4. The van der Waals surface area contributed by atoms with Crippen LogP contribution >= 0.6 is 0 Å². The van der Waals surface area contributed by atoms with Crippen molar-refractivity contribution in [2.45, 2.75) is 12.3 Å². The Kier molecular flexibility index (Phi) is 2.83. The van der Waals surface area contributed by atoms with Crippen LogP contribution < -0.4 is 0 Å². The lowest BCUT2D eigenvalue weighted by Gasteiger charge is -2.06. The van der Waals surface area contributed by atoms with Gasteiger partial charge >= 0.3 is 6.18 Å². The van der Waals surface area contributed by atoms with Gasteiger partial charge in [-0.1, -0.05) is 12.2 Å². The molecule has 76 valence electrons. The first-order valence-electron chi connectivity index (χ1n) is 3.60. The summed E-state index contributed by atoms with van der Waals surface area (Å²) in [7, 11) is 0. The number of alkyl halides is 4. The van der Waals surface area contributed by atoms with Gasteiger partial charge in [-0.15, -0.1) is 4.91 Å². The number of allylic oxidation sites excluding steroid dienone is 5. The quantitative estimate of drug-likeness (QED) is 0.480. The Morgan fingerprint density at radius 1 is 1.36 bits per heavy atom. The summed E-state index contributed by atoms with van der Waals surface area (Å²) in [6.45, 7) is 0. The minimum Gasteiger partial charge on any atom is -0.236 e. The Morgan fingerprint density at radius 3 is 2.50 bits per heavy atom. The summed E-state index contributed by atoms with van der Waals surface area (Å²) in [5.74, 6) is 0. The average molecular weight is 207 g/mol. The molecule has 0 fully saturated rings. The highest BCUT2D eigenvalue weighted by molar-refractivity contribution is 5.36. The highest BCUT2D eigenvalue weighted by Crippen LogP contribution is 2.30. The monoisotopic (exact) mass is 207 g/mol. The summed E-state index contributed by atoms with van der Waals surface area (Å²) >= 11 is 0. The Labute approximate surface area is 76.6 Å². The Balaban J connectivity index is 3.10. The lowest BCUT2D eigenvalue weighted by atomic mass is 10.2. The summed E-state index contributed by atoms with van der Waals surface area (Å²) in [6.07, 6.45) is -3.68. The van der Waals surface area contributed by atoms with Gasteiger partial charge in [-0.2, -0.15) is 13.2 Å². The van der Waals surface area contributed by atoms with E-state index in [9.17, 15) is 22.5 Å². The van der Waals surface area contributed by atoms with Gasteiger partial charge in [0.2, 0.25) is 0 Å². The molecule has 0 N–H and O–H groups in total. The fourth-order valence-corrected chi connectivity index (χ4v) is 0.895. The van der Waals surface area contributed by atoms with Gasteiger partial charge in [0.05, 0.1) is 5.57 Å². The van der Waals surface area contributed by atoms with E-state index in [-0.39, 0.29) is 0 Å². The van der Waals surface area contributed by atoms with E-state index >= 15 is 0 Å². The third-order valence-electron chi connectivity index (χ3n) is 1.57. The number of hydrogen-bond donors (Lipinski definition) is 0. The van der Waals surface area contributed by atoms with E-state index in [2.05, 4.69) is 5.18 Å². The normalized spacial score (nSPS) is 22.4. The molecule has 2 nitrogen and oxygen atoms in total. The summed E-state index contributed by atoms with van der Waals surface area (Å²) in [4.78, 5) is 10.0. The van der Waals surface area contributed by atoms with Gasteiger partial charge in [-0.05, 0) is 17.3 Å². The molecule has 6 heteroatoms. The SMILES string of the molecule is O=NC1=CC(C(F)(F)F)=CC=CC1F. The molecule has 1 aliphatic rings. The van der Waals surface area contributed by atoms with Gasteiger partial charge in [0.25, 0.3) is 0 Å². The minimum atomic E-state index is -4.61. The van der Waals surface area contributed by atoms with Crippen LogP contribution in [0.5, 0.6) is 0 Å². The van der Waals surface area contributed by atoms with Crippen molar-refractivity contribution >= 4 is 0 Å². The molecule has 0 saturated carbocycles. The van der Waals surface area contributed by atoms with Crippen LogP contribution in [0.2, 0.25) is 0 Å². The maximum atomic E-state index is 12.8. The first-order valence-corrected chi connectivity index (χ1v) is 3.60. The number of nitroso groups, excluding NO2 is 1. The lowest BCUT2D eigenvalue weighted by molar-refractivity contribution is -0.0882. The van der Waals surface area contributed by atoms with Crippen LogP contribution in [0.25, 0.3) is 0 Å². The van der Waals surface area contributed by atoms with Crippen molar-refractivity contribution < 1.29 is 17.6 Å². The van der Waals surface area contributed by atoms with E-state index in [0.29, 0.717) is 12.2 Å². The van der Waals surface area contributed by atoms with Crippen molar-refractivity contribution in [1.82, 2.24) is 0 Å². The maximum Gasteiger partial charge on any atom is 0.416 e. The maximum absolute atomic E-state index is 12.8. The zero-order valence-corrected chi connectivity index (χ0v) is 6.75. The Morgan fingerprint density at radius 2 is 2.00 bits per heavy atom. The number of nitrogens with zero attached hydrogens (tertiary/aromatic N) is 1. The molecule has 1 rings (SSSR count). The second-order valence-electron chi connectivity index (χ2n) is 2.57. The highest BCUT2D eigenvalue weighted by atomic mass is 19.4. The van der Waals surface area contributed by atoms with Crippen molar-refractivity contribution in [2.75, 3.05) is 0 Å². The van der Waals surface area contributed by atoms with Gasteiger partial charge < -0.3 is 0 Å². The molecule has 0 aliphatic heterocycles. The van der Waals surface area contributed by atoms with Crippen LogP contribution in [-0.2, 0) is 0 Å². The van der Waals surface area contributed by atoms with E-state index in [1.54, 1.807) is 0 Å². The van der Waals surface area contributed by atoms with E-state index in [0.717, 1.165) is 12.2 Å². The smallest absolute Gasteiger partial charge is 0.236 e. The van der Waals surface area contributed by atoms with E-state index in [1.165, 1.54) is 0 Å². The van der Waals surface area contributed by atoms with E-state index in [1.807, 2.05) is 0 Å². The zero-order chi connectivity index (χ0) is 10.8. The fraction of sp³-hybridized carbons (Fsp3) is 0.250. The molecule has 0 saturated heterocycles. The van der Waals surface area contributed by atoms with Crippen LogP contribution in [0.4, 0.5) is 17.6 Å². The topological polar surface area (TPSA) is 29.4 Å². The molecule has 14 heavy (non-hydrogen) atoms. The van der Waals surface area contributed by atoms with E-state index in [4.69, 9.17) is 0 Å². The second kappa shape index (κ2) is 3.73. The molecule has 0 amide bonds. The molecular weight excluding hydrogens is 202 g/mol.